The Kier molecular flexibility index (Phi) is 7.34. The van der Waals surface area contributed by atoms with Crippen LogP contribution in [0.3, 0.4) is 0 Å². The van der Waals surface area contributed by atoms with E-state index in [1.165, 1.54) is 12.1 Å². The molecule has 0 heterocycles. The lowest BCUT2D eigenvalue weighted by molar-refractivity contribution is -0.120. The molecule has 5 nitrogen and oxygen atoms in total. The standard InChI is InChI=1S/C21H27FN4O/c1-21(2,17-10-7-11-18(22)12-17)15-26-20(23-3)25-14-19(27)24-13-16-8-5-4-6-9-16/h4-12H,13-15H2,1-3H3,(H,24,27)(H2,23,25,26). The van der Waals surface area contributed by atoms with E-state index >= 15 is 0 Å². The Balaban J connectivity index is 1.79. The first-order valence-corrected chi connectivity index (χ1v) is 8.92. The maximum Gasteiger partial charge on any atom is 0.239 e. The van der Waals surface area contributed by atoms with Gasteiger partial charge in [0.15, 0.2) is 5.96 Å². The predicted octanol–water partition coefficient (Wildman–Crippen LogP) is 2.58. The highest BCUT2D eigenvalue weighted by Crippen LogP contribution is 2.22. The molecule has 2 aromatic rings. The first-order chi connectivity index (χ1) is 12.9. The molecule has 0 spiro atoms. The second-order valence-corrected chi connectivity index (χ2v) is 6.94. The Hall–Kier alpha value is -2.89. The van der Waals surface area contributed by atoms with Crippen LogP contribution < -0.4 is 16.0 Å². The molecule has 3 N–H and O–H groups in total. The third kappa shape index (κ3) is 6.73. The van der Waals surface area contributed by atoms with Gasteiger partial charge in [0.05, 0.1) is 6.54 Å². The van der Waals surface area contributed by atoms with Gasteiger partial charge in [-0.1, -0.05) is 56.3 Å². The van der Waals surface area contributed by atoms with E-state index in [4.69, 9.17) is 0 Å². The molecular formula is C21H27FN4O. The SMILES string of the molecule is CN=C(NCC(=O)NCc1ccccc1)NCC(C)(C)c1cccc(F)c1. The number of benzene rings is 2. The molecule has 0 radical (unpaired) electrons. The number of aliphatic imine (C=N–C) groups is 1. The second kappa shape index (κ2) is 9.71. The molecule has 0 unspecified atom stereocenters. The van der Waals surface area contributed by atoms with Crippen LogP contribution in [-0.4, -0.2) is 32.0 Å². The lowest BCUT2D eigenvalue weighted by Gasteiger charge is -2.26. The third-order valence-electron chi connectivity index (χ3n) is 4.28. The van der Waals surface area contributed by atoms with Crippen molar-refractivity contribution in [3.8, 4) is 0 Å². The highest BCUT2D eigenvalue weighted by atomic mass is 19.1. The monoisotopic (exact) mass is 370 g/mol. The fraction of sp³-hybridized carbons (Fsp3) is 0.333. The summed E-state index contributed by atoms with van der Waals surface area (Å²) in [6.07, 6.45) is 0. The summed E-state index contributed by atoms with van der Waals surface area (Å²) in [4.78, 5) is 16.1. The molecule has 0 aliphatic heterocycles. The van der Waals surface area contributed by atoms with Crippen molar-refractivity contribution in [1.29, 1.82) is 0 Å². The van der Waals surface area contributed by atoms with Gasteiger partial charge < -0.3 is 16.0 Å². The molecule has 0 fully saturated rings. The van der Waals surface area contributed by atoms with Gasteiger partial charge in [0, 0.05) is 25.6 Å². The summed E-state index contributed by atoms with van der Waals surface area (Å²) in [5.74, 6) is 0.152. The summed E-state index contributed by atoms with van der Waals surface area (Å²) in [7, 11) is 1.65. The third-order valence-corrected chi connectivity index (χ3v) is 4.28. The van der Waals surface area contributed by atoms with Crippen molar-refractivity contribution in [2.24, 2.45) is 4.99 Å². The van der Waals surface area contributed by atoms with Gasteiger partial charge in [0.1, 0.15) is 5.82 Å². The normalized spacial score (nSPS) is 11.8. The lowest BCUT2D eigenvalue weighted by atomic mass is 9.84. The van der Waals surface area contributed by atoms with Crippen LogP contribution >= 0.6 is 0 Å². The smallest absolute Gasteiger partial charge is 0.239 e. The summed E-state index contributed by atoms with van der Waals surface area (Å²) in [5, 5.41) is 9.04. The van der Waals surface area contributed by atoms with Crippen LogP contribution in [0.25, 0.3) is 0 Å². The van der Waals surface area contributed by atoms with Gasteiger partial charge in [-0.05, 0) is 23.3 Å². The fourth-order valence-corrected chi connectivity index (χ4v) is 2.56. The topological polar surface area (TPSA) is 65.5 Å². The Morgan fingerprint density at radius 1 is 1.04 bits per heavy atom. The molecule has 2 aromatic carbocycles. The van der Waals surface area contributed by atoms with Gasteiger partial charge in [-0.25, -0.2) is 4.39 Å². The number of carbonyl (C=O) groups is 1. The van der Waals surface area contributed by atoms with Gasteiger partial charge in [0.25, 0.3) is 0 Å². The number of carbonyl (C=O) groups excluding carboxylic acids is 1. The summed E-state index contributed by atoms with van der Waals surface area (Å²) in [6, 6.07) is 16.3. The summed E-state index contributed by atoms with van der Waals surface area (Å²) in [5.41, 5.74) is 1.64. The van der Waals surface area contributed by atoms with Crippen LogP contribution in [-0.2, 0) is 16.8 Å². The second-order valence-electron chi connectivity index (χ2n) is 6.94. The van der Waals surface area contributed by atoms with E-state index in [1.54, 1.807) is 13.1 Å². The molecule has 0 saturated heterocycles. The molecule has 2 rings (SSSR count). The number of halogens is 1. The average Bonchev–Trinajstić information content (AvgIpc) is 2.67. The van der Waals surface area contributed by atoms with E-state index in [1.807, 2.05) is 50.2 Å². The van der Waals surface area contributed by atoms with Crippen LogP contribution in [0.5, 0.6) is 0 Å². The molecule has 0 bridgehead atoms. The van der Waals surface area contributed by atoms with Crippen molar-refractivity contribution < 1.29 is 9.18 Å². The minimum Gasteiger partial charge on any atom is -0.356 e. The average molecular weight is 370 g/mol. The van der Waals surface area contributed by atoms with Crippen LogP contribution in [0.2, 0.25) is 0 Å². The molecule has 0 aliphatic rings. The first kappa shape index (κ1) is 20.4. The van der Waals surface area contributed by atoms with Gasteiger partial charge in [-0.2, -0.15) is 0 Å². The number of nitrogens with one attached hydrogen (secondary N) is 3. The molecule has 1 amide bonds. The lowest BCUT2D eigenvalue weighted by Crippen LogP contribution is -2.46. The maximum atomic E-state index is 13.5. The van der Waals surface area contributed by atoms with Gasteiger partial charge in [-0.15, -0.1) is 0 Å². The van der Waals surface area contributed by atoms with Gasteiger partial charge in [-0.3, -0.25) is 9.79 Å². The van der Waals surface area contributed by atoms with Gasteiger partial charge >= 0.3 is 0 Å². The van der Waals surface area contributed by atoms with E-state index in [0.29, 0.717) is 19.0 Å². The van der Waals surface area contributed by atoms with Crippen LogP contribution in [0.1, 0.15) is 25.0 Å². The Bertz CT molecular complexity index is 775. The zero-order chi connectivity index (χ0) is 19.7. The van der Waals surface area contributed by atoms with Gasteiger partial charge in [0.2, 0.25) is 5.91 Å². The Morgan fingerprint density at radius 2 is 1.78 bits per heavy atom. The van der Waals surface area contributed by atoms with E-state index in [-0.39, 0.29) is 23.7 Å². The summed E-state index contributed by atoms with van der Waals surface area (Å²) in [6.45, 7) is 5.19. The minimum atomic E-state index is -0.296. The molecule has 0 atom stereocenters. The number of amides is 1. The number of guanidine groups is 1. The zero-order valence-corrected chi connectivity index (χ0v) is 16.1. The number of rotatable bonds is 7. The number of hydrogen-bond acceptors (Lipinski definition) is 2. The minimum absolute atomic E-state index is 0.118. The van der Waals surface area contributed by atoms with Crippen molar-refractivity contribution in [1.82, 2.24) is 16.0 Å². The van der Waals surface area contributed by atoms with E-state index in [2.05, 4.69) is 20.9 Å². The summed E-state index contributed by atoms with van der Waals surface area (Å²) < 4.78 is 13.5. The number of hydrogen-bond donors (Lipinski definition) is 3. The van der Waals surface area contributed by atoms with Crippen LogP contribution in [0.4, 0.5) is 4.39 Å². The zero-order valence-electron chi connectivity index (χ0n) is 16.1. The quantitative estimate of drug-likeness (QED) is 0.518. The van der Waals surface area contributed by atoms with E-state index in [9.17, 15) is 9.18 Å². The fourth-order valence-electron chi connectivity index (χ4n) is 2.56. The highest BCUT2D eigenvalue weighted by Gasteiger charge is 2.21. The molecule has 0 aliphatic carbocycles. The predicted molar refractivity (Wildman–Crippen MR) is 107 cm³/mol. The van der Waals surface area contributed by atoms with Crippen molar-refractivity contribution >= 4 is 11.9 Å². The number of nitrogens with zero attached hydrogens (tertiary/aromatic N) is 1. The van der Waals surface area contributed by atoms with Crippen molar-refractivity contribution in [3.05, 3.63) is 71.5 Å². The molecule has 27 heavy (non-hydrogen) atoms. The van der Waals surface area contributed by atoms with Crippen molar-refractivity contribution in [2.75, 3.05) is 20.1 Å². The molecule has 6 heteroatoms. The summed E-state index contributed by atoms with van der Waals surface area (Å²) >= 11 is 0. The van der Waals surface area contributed by atoms with Crippen LogP contribution in [0, 0.1) is 5.82 Å². The van der Waals surface area contributed by atoms with E-state index < -0.39 is 0 Å². The molecule has 144 valence electrons. The highest BCUT2D eigenvalue weighted by molar-refractivity contribution is 5.86. The van der Waals surface area contributed by atoms with E-state index in [0.717, 1.165) is 11.1 Å². The maximum absolute atomic E-state index is 13.5. The van der Waals surface area contributed by atoms with Crippen LogP contribution in [0.15, 0.2) is 59.6 Å². The van der Waals surface area contributed by atoms with Crippen molar-refractivity contribution in [2.45, 2.75) is 25.8 Å². The molecule has 0 aromatic heterocycles. The largest absolute Gasteiger partial charge is 0.356 e. The first-order valence-electron chi connectivity index (χ1n) is 8.92. The van der Waals surface area contributed by atoms with Crippen molar-refractivity contribution in [3.63, 3.8) is 0 Å². The molecular weight excluding hydrogens is 343 g/mol. The Morgan fingerprint density at radius 3 is 2.44 bits per heavy atom. The molecule has 0 saturated carbocycles. The Labute approximate surface area is 160 Å².